The summed E-state index contributed by atoms with van der Waals surface area (Å²) in [5, 5.41) is 9.75. The predicted molar refractivity (Wildman–Crippen MR) is 113 cm³/mol. The molecule has 5 nitrogen and oxygen atoms in total. The van der Waals surface area contributed by atoms with E-state index in [1.165, 1.54) is 25.0 Å². The maximum Gasteiger partial charge on any atom is 0.222 e. The summed E-state index contributed by atoms with van der Waals surface area (Å²) < 4.78 is 0. The van der Waals surface area contributed by atoms with Crippen molar-refractivity contribution in [1.29, 1.82) is 0 Å². The predicted octanol–water partition coefficient (Wildman–Crippen LogP) is 5.14. The van der Waals surface area contributed by atoms with E-state index in [1.807, 2.05) is 9.80 Å². The van der Waals surface area contributed by atoms with Crippen molar-refractivity contribution in [3.05, 3.63) is 27.2 Å². The molecule has 8 heteroatoms. The van der Waals surface area contributed by atoms with Crippen molar-refractivity contribution in [2.75, 3.05) is 26.2 Å². The number of nitrogens with zero attached hydrogens (tertiary/aromatic N) is 2. The molecular weight excluding hydrogens is 423 g/mol. The highest BCUT2D eigenvalue weighted by molar-refractivity contribution is 6.40. The van der Waals surface area contributed by atoms with Gasteiger partial charge in [-0.3, -0.25) is 9.59 Å². The van der Waals surface area contributed by atoms with Gasteiger partial charge in [-0.05, 0) is 37.8 Å². The fourth-order valence-corrected chi connectivity index (χ4v) is 4.19. The Morgan fingerprint density at radius 2 is 1.21 bits per heavy atom. The van der Waals surface area contributed by atoms with Crippen LogP contribution in [0.4, 0.5) is 0 Å². The number of halogens is 3. The van der Waals surface area contributed by atoms with Crippen LogP contribution in [-0.2, 0) is 9.59 Å². The van der Waals surface area contributed by atoms with Gasteiger partial charge in [-0.15, -0.1) is 0 Å². The molecule has 2 aliphatic rings. The number of likely N-dealkylation sites (tertiary alicyclic amines) is 2. The van der Waals surface area contributed by atoms with Gasteiger partial charge >= 0.3 is 0 Å². The molecule has 1 N–H and O–H groups in total. The van der Waals surface area contributed by atoms with Gasteiger partial charge in [0.05, 0.1) is 10.0 Å². The molecule has 0 saturated carbocycles. The van der Waals surface area contributed by atoms with Crippen LogP contribution < -0.4 is 0 Å². The van der Waals surface area contributed by atoms with E-state index in [-0.39, 0.29) is 15.8 Å². The molecule has 0 aromatic heterocycles. The third-order valence-electron chi connectivity index (χ3n) is 4.93. The number of unbranched alkanes of at least 4 members (excludes halogenated alkanes) is 3. The summed E-state index contributed by atoms with van der Waals surface area (Å²) >= 11 is 16.5. The topological polar surface area (TPSA) is 60.9 Å². The Kier molecular flexibility index (Phi) is 9.69. The molecule has 0 bridgehead atoms. The number of carbonyl (C=O) groups is 2. The SMILES string of the molecule is O=C1CCCN1CCCCCCN1CCCC1=O.Oc1c(Cl)cc(Cl)cc1Cl. The van der Waals surface area contributed by atoms with Gasteiger partial charge in [-0.2, -0.15) is 0 Å². The molecule has 2 heterocycles. The molecule has 2 fully saturated rings. The van der Waals surface area contributed by atoms with Crippen molar-refractivity contribution in [1.82, 2.24) is 9.80 Å². The fourth-order valence-electron chi connectivity index (χ4n) is 3.37. The van der Waals surface area contributed by atoms with Gasteiger partial charge < -0.3 is 14.9 Å². The van der Waals surface area contributed by atoms with E-state index in [2.05, 4.69) is 0 Å². The van der Waals surface area contributed by atoms with Gasteiger partial charge in [0.15, 0.2) is 5.75 Å². The Morgan fingerprint density at radius 1 is 0.786 bits per heavy atom. The molecule has 0 radical (unpaired) electrons. The van der Waals surface area contributed by atoms with E-state index < -0.39 is 0 Å². The van der Waals surface area contributed by atoms with Crippen molar-refractivity contribution in [3.63, 3.8) is 0 Å². The van der Waals surface area contributed by atoms with E-state index >= 15 is 0 Å². The highest BCUT2D eigenvalue weighted by Gasteiger charge is 2.20. The average molecular weight is 450 g/mol. The monoisotopic (exact) mass is 448 g/mol. The van der Waals surface area contributed by atoms with Gasteiger partial charge in [0.1, 0.15) is 0 Å². The standard InChI is InChI=1S/C14H24N2O2.C6H3Cl3O/c17-13-7-5-11-15(13)9-3-1-2-4-10-16-12-6-8-14(16)18;7-3-1-4(8)6(10)5(9)2-3/h1-12H2;1-2,10H. The summed E-state index contributed by atoms with van der Waals surface area (Å²) in [6.07, 6.45) is 8.14. The molecule has 2 amide bonds. The molecule has 0 atom stereocenters. The fraction of sp³-hybridized carbons (Fsp3) is 0.600. The van der Waals surface area contributed by atoms with Crippen molar-refractivity contribution in [2.24, 2.45) is 0 Å². The smallest absolute Gasteiger partial charge is 0.222 e. The molecule has 28 heavy (non-hydrogen) atoms. The first-order valence-electron chi connectivity index (χ1n) is 9.77. The average Bonchev–Trinajstić information content (AvgIpc) is 3.24. The Bertz CT molecular complexity index is 632. The second-order valence-corrected chi connectivity index (χ2v) is 8.35. The van der Waals surface area contributed by atoms with Crippen LogP contribution in [0.15, 0.2) is 12.1 Å². The first kappa shape index (κ1) is 23.1. The number of phenolic OH excluding ortho intramolecular Hbond substituents is 1. The largest absolute Gasteiger partial charge is 0.505 e. The Morgan fingerprint density at radius 3 is 1.57 bits per heavy atom. The summed E-state index contributed by atoms with van der Waals surface area (Å²) in [5.74, 6) is 0.531. The molecule has 2 saturated heterocycles. The lowest BCUT2D eigenvalue weighted by molar-refractivity contribution is -0.128. The maximum atomic E-state index is 11.4. The number of phenols is 1. The lowest BCUT2D eigenvalue weighted by atomic mass is 10.2. The van der Waals surface area contributed by atoms with Crippen LogP contribution in [0.1, 0.15) is 51.4 Å². The lowest BCUT2D eigenvalue weighted by Crippen LogP contribution is -2.26. The Labute approximate surface area is 181 Å². The van der Waals surface area contributed by atoms with Gasteiger partial charge in [-0.1, -0.05) is 47.6 Å². The van der Waals surface area contributed by atoms with Gasteiger partial charge in [-0.25, -0.2) is 0 Å². The second-order valence-electron chi connectivity index (χ2n) is 7.10. The van der Waals surface area contributed by atoms with Crippen molar-refractivity contribution in [3.8, 4) is 5.75 Å². The molecule has 1 aromatic rings. The molecule has 156 valence electrons. The van der Waals surface area contributed by atoms with E-state index in [4.69, 9.17) is 39.9 Å². The molecule has 3 rings (SSSR count). The zero-order chi connectivity index (χ0) is 20.5. The third kappa shape index (κ3) is 7.34. The van der Waals surface area contributed by atoms with Crippen LogP contribution in [0.25, 0.3) is 0 Å². The van der Waals surface area contributed by atoms with Crippen LogP contribution in [0, 0.1) is 0 Å². The van der Waals surface area contributed by atoms with Crippen molar-refractivity contribution in [2.45, 2.75) is 51.4 Å². The van der Waals surface area contributed by atoms with Crippen LogP contribution in [-0.4, -0.2) is 52.9 Å². The number of hydrogen-bond acceptors (Lipinski definition) is 3. The van der Waals surface area contributed by atoms with Gasteiger partial charge in [0.2, 0.25) is 11.8 Å². The number of carbonyl (C=O) groups excluding carboxylic acids is 2. The summed E-state index contributed by atoms with van der Waals surface area (Å²) in [6.45, 7) is 3.78. The number of benzene rings is 1. The van der Waals surface area contributed by atoms with E-state index in [0.29, 0.717) is 16.8 Å². The summed E-state index contributed by atoms with van der Waals surface area (Å²) in [7, 11) is 0. The van der Waals surface area contributed by atoms with Crippen molar-refractivity contribution < 1.29 is 14.7 Å². The van der Waals surface area contributed by atoms with Crippen LogP contribution in [0.2, 0.25) is 15.1 Å². The minimum atomic E-state index is -0.132. The van der Waals surface area contributed by atoms with Gasteiger partial charge in [0, 0.05) is 44.0 Å². The molecule has 1 aromatic carbocycles. The van der Waals surface area contributed by atoms with Crippen LogP contribution >= 0.6 is 34.8 Å². The number of hydrogen-bond donors (Lipinski definition) is 1. The van der Waals surface area contributed by atoms with Crippen LogP contribution in [0.5, 0.6) is 5.75 Å². The molecule has 0 spiro atoms. The summed E-state index contributed by atoms with van der Waals surface area (Å²) in [5.41, 5.74) is 0. The quantitative estimate of drug-likeness (QED) is 0.586. The number of amides is 2. The summed E-state index contributed by atoms with van der Waals surface area (Å²) in [4.78, 5) is 26.8. The third-order valence-corrected chi connectivity index (χ3v) is 5.72. The first-order chi connectivity index (χ1) is 13.4. The molecule has 0 aliphatic carbocycles. The zero-order valence-electron chi connectivity index (χ0n) is 15.9. The Balaban J connectivity index is 0.000000237. The number of aromatic hydroxyl groups is 1. The maximum absolute atomic E-state index is 11.4. The Hall–Kier alpha value is -1.17. The zero-order valence-corrected chi connectivity index (χ0v) is 18.2. The van der Waals surface area contributed by atoms with Crippen molar-refractivity contribution >= 4 is 46.6 Å². The molecule has 0 unspecified atom stereocenters. The molecule has 2 aliphatic heterocycles. The van der Waals surface area contributed by atoms with E-state index in [9.17, 15) is 9.59 Å². The normalized spacial score (nSPS) is 16.5. The van der Waals surface area contributed by atoms with E-state index in [1.54, 1.807) is 0 Å². The second kappa shape index (κ2) is 11.7. The summed E-state index contributed by atoms with van der Waals surface area (Å²) in [6, 6.07) is 2.84. The minimum absolute atomic E-state index is 0.132. The molecular formula is C20H27Cl3N2O3. The van der Waals surface area contributed by atoms with Crippen LogP contribution in [0.3, 0.4) is 0 Å². The van der Waals surface area contributed by atoms with E-state index in [0.717, 1.165) is 64.7 Å². The highest BCUT2D eigenvalue weighted by Crippen LogP contribution is 2.34. The first-order valence-corrected chi connectivity index (χ1v) is 10.9. The van der Waals surface area contributed by atoms with Gasteiger partial charge in [0.25, 0.3) is 0 Å². The minimum Gasteiger partial charge on any atom is -0.505 e. The highest BCUT2D eigenvalue weighted by atomic mass is 35.5. The number of rotatable bonds is 7. The lowest BCUT2D eigenvalue weighted by Gasteiger charge is -2.16.